The molecule has 0 saturated carbocycles. The van der Waals surface area contributed by atoms with Gasteiger partial charge in [-0.25, -0.2) is 0 Å². The van der Waals surface area contributed by atoms with E-state index in [1.165, 1.54) is 0 Å². The van der Waals surface area contributed by atoms with Gasteiger partial charge < -0.3 is 95.9 Å². The van der Waals surface area contributed by atoms with Crippen molar-refractivity contribution < 1.29 is 95.9 Å². The SMILES string of the molecule is [Ca+2].[Ca+2].[I-].[I-].[I-].[I-]. The molecule has 0 amide bonds. The molecule has 0 bridgehead atoms. The minimum atomic E-state index is 0. The first-order valence-electron chi connectivity index (χ1n) is 0. The maximum Gasteiger partial charge on any atom is 2.00 e. The molecule has 0 nitrogen and oxygen atoms in total. The Morgan fingerprint density at radius 1 is 0.333 bits per heavy atom. The van der Waals surface area contributed by atoms with Crippen molar-refractivity contribution in [2.24, 2.45) is 0 Å². The summed E-state index contributed by atoms with van der Waals surface area (Å²) in [6.45, 7) is 0. The summed E-state index contributed by atoms with van der Waals surface area (Å²) in [6, 6.07) is 0. The molecule has 0 aromatic heterocycles. The Morgan fingerprint density at radius 3 is 0.333 bits per heavy atom. The van der Waals surface area contributed by atoms with E-state index in [9.17, 15) is 0 Å². The van der Waals surface area contributed by atoms with E-state index in [1.54, 1.807) is 0 Å². The quantitative estimate of drug-likeness (QED) is 0.195. The summed E-state index contributed by atoms with van der Waals surface area (Å²) in [5, 5.41) is 0. The summed E-state index contributed by atoms with van der Waals surface area (Å²) >= 11 is 0. The number of rotatable bonds is 0. The Labute approximate surface area is 166 Å². The van der Waals surface area contributed by atoms with Crippen LogP contribution in [-0.4, -0.2) is 75.5 Å². The van der Waals surface area contributed by atoms with Crippen LogP contribution in [0.2, 0.25) is 0 Å². The second-order valence-corrected chi connectivity index (χ2v) is 0. The van der Waals surface area contributed by atoms with Gasteiger partial charge in [0, 0.05) is 0 Å². The van der Waals surface area contributed by atoms with E-state index in [1.807, 2.05) is 0 Å². The van der Waals surface area contributed by atoms with Crippen LogP contribution < -0.4 is 95.9 Å². The molecule has 0 unspecified atom stereocenters. The zero-order valence-electron chi connectivity index (χ0n) is 2.93. The van der Waals surface area contributed by atoms with Crippen molar-refractivity contribution >= 4 is 75.5 Å². The molecular formula is Ca2I4. The predicted octanol–water partition coefficient (Wildman–Crippen LogP) is -12.7. The number of hydrogen-bond acceptors (Lipinski definition) is 0. The molecular weight excluding hydrogens is 588 g/mol. The molecule has 0 atom stereocenters. The monoisotopic (exact) mass is 588 g/mol. The van der Waals surface area contributed by atoms with Crippen molar-refractivity contribution in [1.29, 1.82) is 0 Å². The van der Waals surface area contributed by atoms with Gasteiger partial charge in [-0.05, 0) is 0 Å². The van der Waals surface area contributed by atoms with Gasteiger partial charge in [-0.15, -0.1) is 0 Å². The second-order valence-electron chi connectivity index (χ2n) is 0. The summed E-state index contributed by atoms with van der Waals surface area (Å²) < 4.78 is 0. The van der Waals surface area contributed by atoms with Crippen LogP contribution in [0.1, 0.15) is 0 Å². The van der Waals surface area contributed by atoms with Gasteiger partial charge in [0.2, 0.25) is 0 Å². The molecule has 0 aliphatic carbocycles. The fourth-order valence-corrected chi connectivity index (χ4v) is 0. The van der Waals surface area contributed by atoms with E-state index in [2.05, 4.69) is 0 Å². The maximum absolute atomic E-state index is 0. The van der Waals surface area contributed by atoms with Crippen LogP contribution in [-0.2, 0) is 0 Å². The van der Waals surface area contributed by atoms with Crippen LogP contribution in [0.3, 0.4) is 0 Å². The van der Waals surface area contributed by atoms with Crippen molar-refractivity contribution in [3.05, 3.63) is 0 Å². The minimum absolute atomic E-state index is 0. The van der Waals surface area contributed by atoms with E-state index < -0.39 is 0 Å². The van der Waals surface area contributed by atoms with Gasteiger partial charge in [0.15, 0.2) is 0 Å². The Morgan fingerprint density at radius 2 is 0.333 bits per heavy atom. The van der Waals surface area contributed by atoms with Crippen molar-refractivity contribution in [2.75, 3.05) is 0 Å². The van der Waals surface area contributed by atoms with E-state index in [0.29, 0.717) is 0 Å². The second kappa shape index (κ2) is 31.4. The molecule has 0 saturated heterocycles. The van der Waals surface area contributed by atoms with Crippen LogP contribution in [0.5, 0.6) is 0 Å². The molecule has 6 heavy (non-hydrogen) atoms. The fourth-order valence-electron chi connectivity index (χ4n) is 0. The molecule has 0 spiro atoms. The molecule has 0 aromatic carbocycles. The van der Waals surface area contributed by atoms with E-state index in [4.69, 9.17) is 0 Å². The van der Waals surface area contributed by atoms with Crippen LogP contribution in [0.4, 0.5) is 0 Å². The molecule has 0 radical (unpaired) electrons. The first-order chi connectivity index (χ1) is 0. The van der Waals surface area contributed by atoms with Crippen LogP contribution in [0.25, 0.3) is 0 Å². The first-order valence-corrected chi connectivity index (χ1v) is 0. The first kappa shape index (κ1) is 42.1. The smallest absolute Gasteiger partial charge is 1.00 e. The molecule has 0 aliphatic heterocycles. The van der Waals surface area contributed by atoms with Gasteiger partial charge in [-0.2, -0.15) is 0 Å². The third kappa shape index (κ3) is 22.7. The van der Waals surface area contributed by atoms with E-state index >= 15 is 0 Å². The Hall–Kier alpha value is 5.44. The maximum atomic E-state index is 0. The van der Waals surface area contributed by atoms with Gasteiger partial charge in [0.05, 0.1) is 0 Å². The largest absolute Gasteiger partial charge is 2.00 e. The van der Waals surface area contributed by atoms with Crippen molar-refractivity contribution in [2.45, 2.75) is 0 Å². The normalized spacial score (nSPS) is 0. The Balaban J connectivity index is 0. The molecule has 32 valence electrons. The van der Waals surface area contributed by atoms with Crippen molar-refractivity contribution in [3.63, 3.8) is 0 Å². The topological polar surface area (TPSA) is 0 Å². The predicted molar refractivity (Wildman–Crippen MR) is 11.5 cm³/mol. The molecule has 0 rings (SSSR count). The van der Waals surface area contributed by atoms with E-state index in [-0.39, 0.29) is 171 Å². The average Bonchev–Trinajstić information content (AvgIpc) is 0. The number of halogens is 4. The summed E-state index contributed by atoms with van der Waals surface area (Å²) in [6.07, 6.45) is 0. The Bertz CT molecular complexity index is 5.51. The third-order valence-electron chi connectivity index (χ3n) is 0. The third-order valence-corrected chi connectivity index (χ3v) is 0. The minimum Gasteiger partial charge on any atom is -1.00 e. The van der Waals surface area contributed by atoms with Crippen LogP contribution in [0.15, 0.2) is 0 Å². The molecule has 0 fully saturated rings. The Kier molecular flexibility index (Phi) is 221. The van der Waals surface area contributed by atoms with Crippen molar-refractivity contribution in [1.82, 2.24) is 0 Å². The van der Waals surface area contributed by atoms with E-state index in [0.717, 1.165) is 0 Å². The molecule has 0 aromatic rings. The molecule has 0 N–H and O–H groups in total. The average molecular weight is 588 g/mol. The summed E-state index contributed by atoms with van der Waals surface area (Å²) in [7, 11) is 0. The van der Waals surface area contributed by atoms with Gasteiger partial charge >= 0.3 is 75.5 Å². The van der Waals surface area contributed by atoms with Crippen LogP contribution >= 0.6 is 0 Å². The van der Waals surface area contributed by atoms with Crippen LogP contribution in [0, 0.1) is 0 Å². The van der Waals surface area contributed by atoms with Gasteiger partial charge in [0.1, 0.15) is 0 Å². The summed E-state index contributed by atoms with van der Waals surface area (Å²) in [5.74, 6) is 0. The standard InChI is InChI=1S/2Ca.4HI/h;;4*1H/q2*+2;;;;/p-4. The summed E-state index contributed by atoms with van der Waals surface area (Å²) in [4.78, 5) is 0. The zero-order chi connectivity index (χ0) is 0. The molecule has 0 heterocycles. The summed E-state index contributed by atoms with van der Waals surface area (Å²) in [5.41, 5.74) is 0. The number of hydrogen-bond donors (Lipinski definition) is 0. The van der Waals surface area contributed by atoms with Gasteiger partial charge in [-0.1, -0.05) is 0 Å². The van der Waals surface area contributed by atoms with Crippen molar-refractivity contribution in [3.8, 4) is 0 Å². The zero-order valence-corrected chi connectivity index (χ0v) is 16.0. The molecule has 6 heteroatoms. The fraction of sp³-hybridized carbons (Fsp3) is 0. The van der Waals surface area contributed by atoms with Gasteiger partial charge in [0.25, 0.3) is 0 Å². The van der Waals surface area contributed by atoms with Gasteiger partial charge in [-0.3, -0.25) is 0 Å². The molecule has 0 aliphatic rings.